The fraction of sp³-hybridized carbons (Fsp3) is 0.667. The van der Waals surface area contributed by atoms with Crippen LogP contribution in [0.15, 0.2) is 18.2 Å². The molecule has 5 rings (SSSR count). The minimum Gasteiger partial charge on any atom is -0.479 e. The topological polar surface area (TPSA) is 192 Å². The summed E-state index contributed by atoms with van der Waals surface area (Å²) in [6.07, 6.45) is -8.32. The van der Waals surface area contributed by atoms with E-state index in [0.717, 1.165) is 0 Å². The van der Waals surface area contributed by atoms with Crippen molar-refractivity contribution in [1.82, 2.24) is 0 Å². The molecule has 0 amide bonds. The molecule has 214 valence electrons. The second-order valence-electron chi connectivity index (χ2n) is 10.5. The maximum atomic E-state index is 11.7. The fourth-order valence-electron chi connectivity index (χ4n) is 5.12. The first-order valence-corrected chi connectivity index (χ1v) is 12.2. The van der Waals surface area contributed by atoms with Crippen molar-refractivity contribution in [2.45, 2.75) is 102 Å². The number of carboxylic acids is 2. The van der Waals surface area contributed by atoms with E-state index in [1.807, 2.05) is 0 Å². The molecule has 0 unspecified atom stereocenters. The summed E-state index contributed by atoms with van der Waals surface area (Å²) in [5, 5.41) is 30.7. The first-order valence-electron chi connectivity index (χ1n) is 12.2. The van der Waals surface area contributed by atoms with Gasteiger partial charge in [-0.15, -0.1) is 0 Å². The maximum Gasteiger partial charge on any atom is 0.335 e. The standard InChI is InChI=1S/C24H29NO14/c1-23(2)36-17-13(15(19(26)27)34-21(17)38-23)32-8-10-5-11(7-12(6-10)25(30)31)9-33-14-16(20(28)29)35-22-18(14)37-24(3,4)39-22/h5-7,13-18,21-22H,8-9H2,1-4H3,(H,26,27)(H,28,29)/t13-,14-,15-,16-,17+,18+,21+,22+/m0/s1. The molecule has 4 saturated heterocycles. The molecule has 15 heteroatoms. The van der Waals surface area contributed by atoms with Crippen LogP contribution >= 0.6 is 0 Å². The van der Waals surface area contributed by atoms with Crippen LogP contribution in [0.2, 0.25) is 0 Å². The van der Waals surface area contributed by atoms with Gasteiger partial charge in [-0.3, -0.25) is 10.1 Å². The van der Waals surface area contributed by atoms with Gasteiger partial charge < -0.3 is 48.1 Å². The Labute approximate surface area is 221 Å². The SMILES string of the molecule is CC1(C)O[C@H]2O[C@H](C(=O)O)[C@H](OCc3cc(CO[C@@H]4[C@H]5OC(C)(C)O[C@H]5O[C@@H]4C(=O)O)cc([N+](=O)[O-])c3)[C@H]2O1. The number of carboxylic acid groups (broad SMARTS) is 2. The third kappa shape index (κ3) is 5.62. The minimum atomic E-state index is -1.36. The fourth-order valence-corrected chi connectivity index (χ4v) is 5.12. The predicted molar refractivity (Wildman–Crippen MR) is 123 cm³/mol. The summed E-state index contributed by atoms with van der Waals surface area (Å²) in [5.41, 5.74) is 0.444. The molecule has 0 radical (unpaired) electrons. The Morgan fingerprint density at radius 3 is 1.59 bits per heavy atom. The lowest BCUT2D eigenvalue weighted by atomic mass is 10.1. The van der Waals surface area contributed by atoms with Crippen LogP contribution in [0.1, 0.15) is 38.8 Å². The van der Waals surface area contributed by atoms with Crippen LogP contribution in [0.25, 0.3) is 0 Å². The number of hydrogen-bond acceptors (Lipinski definition) is 12. The second-order valence-corrected chi connectivity index (χ2v) is 10.5. The number of benzene rings is 1. The highest BCUT2D eigenvalue weighted by molar-refractivity contribution is 5.74. The molecule has 0 spiro atoms. The zero-order valence-corrected chi connectivity index (χ0v) is 21.5. The van der Waals surface area contributed by atoms with Gasteiger partial charge in [0.05, 0.1) is 18.1 Å². The van der Waals surface area contributed by atoms with Gasteiger partial charge in [0.1, 0.15) is 24.4 Å². The van der Waals surface area contributed by atoms with Gasteiger partial charge in [0.2, 0.25) is 0 Å². The molecule has 4 aliphatic heterocycles. The Hall–Kier alpha value is -2.76. The average molecular weight is 555 g/mol. The first-order chi connectivity index (χ1) is 18.2. The van der Waals surface area contributed by atoms with Crippen LogP contribution in [0.5, 0.6) is 0 Å². The number of ether oxygens (including phenoxy) is 8. The number of nitrogens with zero attached hydrogens (tertiary/aromatic N) is 1. The van der Waals surface area contributed by atoms with Crippen molar-refractivity contribution in [2.75, 3.05) is 0 Å². The van der Waals surface area contributed by atoms with E-state index < -0.39 is 77.6 Å². The third-order valence-electron chi connectivity index (χ3n) is 6.60. The Balaban J connectivity index is 1.31. The van der Waals surface area contributed by atoms with Gasteiger partial charge in [0.25, 0.3) is 5.69 Å². The highest BCUT2D eigenvalue weighted by Gasteiger charge is 2.59. The predicted octanol–water partition coefficient (Wildman–Crippen LogP) is 1.29. The molecule has 4 heterocycles. The lowest BCUT2D eigenvalue weighted by molar-refractivity contribution is -0.385. The number of rotatable bonds is 9. The number of non-ortho nitro benzene ring substituents is 1. The van der Waals surface area contributed by atoms with Gasteiger partial charge in [0, 0.05) is 12.1 Å². The summed E-state index contributed by atoms with van der Waals surface area (Å²) < 4.78 is 45.4. The van der Waals surface area contributed by atoms with Gasteiger partial charge >= 0.3 is 11.9 Å². The van der Waals surface area contributed by atoms with E-state index in [4.69, 9.17) is 37.9 Å². The van der Waals surface area contributed by atoms with Crippen molar-refractivity contribution in [3.8, 4) is 0 Å². The summed E-state index contributed by atoms with van der Waals surface area (Å²) in [5.74, 6) is -4.54. The van der Waals surface area contributed by atoms with Crippen LogP contribution in [-0.2, 0) is 60.7 Å². The Kier molecular flexibility index (Phi) is 7.13. The quantitative estimate of drug-likeness (QED) is 0.327. The molecule has 15 nitrogen and oxygen atoms in total. The Morgan fingerprint density at radius 2 is 1.23 bits per heavy atom. The largest absolute Gasteiger partial charge is 0.479 e. The van der Waals surface area contributed by atoms with Crippen molar-refractivity contribution in [2.24, 2.45) is 0 Å². The van der Waals surface area contributed by atoms with Crippen LogP contribution in [-0.4, -0.2) is 87.9 Å². The second kappa shape index (κ2) is 10.0. The minimum absolute atomic E-state index is 0.209. The smallest absolute Gasteiger partial charge is 0.335 e. The van der Waals surface area contributed by atoms with Crippen LogP contribution in [0.4, 0.5) is 5.69 Å². The van der Waals surface area contributed by atoms with Gasteiger partial charge in [-0.2, -0.15) is 0 Å². The van der Waals surface area contributed by atoms with E-state index in [1.54, 1.807) is 33.8 Å². The summed E-state index contributed by atoms with van der Waals surface area (Å²) in [7, 11) is 0. The van der Waals surface area contributed by atoms with Crippen LogP contribution in [0, 0.1) is 10.1 Å². The van der Waals surface area contributed by atoms with Gasteiger partial charge in [-0.1, -0.05) is 6.07 Å². The summed E-state index contributed by atoms with van der Waals surface area (Å²) in [6.45, 7) is 6.21. The van der Waals surface area contributed by atoms with Crippen molar-refractivity contribution in [3.05, 3.63) is 39.4 Å². The lowest BCUT2D eigenvalue weighted by Gasteiger charge is -2.24. The lowest BCUT2D eigenvalue weighted by Crippen LogP contribution is -2.40. The summed E-state index contributed by atoms with van der Waals surface area (Å²) in [6, 6.07) is 4.15. The van der Waals surface area contributed by atoms with Gasteiger partial charge in [0.15, 0.2) is 36.4 Å². The molecule has 39 heavy (non-hydrogen) atoms. The third-order valence-corrected chi connectivity index (χ3v) is 6.60. The van der Waals surface area contributed by atoms with Crippen molar-refractivity contribution in [3.63, 3.8) is 0 Å². The average Bonchev–Trinajstić information content (AvgIpc) is 3.51. The van der Waals surface area contributed by atoms with Crippen molar-refractivity contribution in [1.29, 1.82) is 0 Å². The Morgan fingerprint density at radius 1 is 0.821 bits per heavy atom. The highest BCUT2D eigenvalue weighted by atomic mass is 16.9. The molecule has 1 aromatic carbocycles. The summed E-state index contributed by atoms with van der Waals surface area (Å²) >= 11 is 0. The van der Waals surface area contributed by atoms with Gasteiger partial charge in [-0.05, 0) is 38.8 Å². The first kappa shape index (κ1) is 27.8. The van der Waals surface area contributed by atoms with Crippen molar-refractivity contribution >= 4 is 17.6 Å². The Bertz CT molecular complexity index is 1080. The van der Waals surface area contributed by atoms with Gasteiger partial charge in [-0.25, -0.2) is 9.59 Å². The summed E-state index contributed by atoms with van der Waals surface area (Å²) in [4.78, 5) is 34.5. The maximum absolute atomic E-state index is 11.7. The zero-order chi connectivity index (χ0) is 28.3. The number of nitro groups is 1. The number of nitro benzene ring substituents is 1. The zero-order valence-electron chi connectivity index (χ0n) is 21.5. The highest BCUT2D eigenvalue weighted by Crippen LogP contribution is 2.40. The van der Waals surface area contributed by atoms with E-state index in [1.165, 1.54) is 12.1 Å². The van der Waals surface area contributed by atoms with E-state index >= 15 is 0 Å². The van der Waals surface area contributed by atoms with E-state index in [-0.39, 0.29) is 18.9 Å². The molecular formula is C24H29NO14. The number of hydrogen-bond donors (Lipinski definition) is 2. The molecule has 4 aliphatic rings. The monoisotopic (exact) mass is 555 g/mol. The van der Waals surface area contributed by atoms with Crippen molar-refractivity contribution < 1.29 is 62.6 Å². The number of fused-ring (bicyclic) bond motifs is 2. The molecule has 8 atom stereocenters. The van der Waals surface area contributed by atoms with Crippen LogP contribution < -0.4 is 0 Å². The normalized spacial score (nSPS) is 36.0. The number of aliphatic carboxylic acids is 2. The van der Waals surface area contributed by atoms with E-state index in [9.17, 15) is 29.9 Å². The van der Waals surface area contributed by atoms with E-state index in [2.05, 4.69) is 0 Å². The molecule has 1 aromatic rings. The molecular weight excluding hydrogens is 526 g/mol. The van der Waals surface area contributed by atoms with E-state index in [0.29, 0.717) is 11.1 Å². The molecule has 0 aliphatic carbocycles. The molecule has 4 fully saturated rings. The molecule has 0 bridgehead atoms. The molecule has 0 aromatic heterocycles. The molecule has 0 saturated carbocycles. The van der Waals surface area contributed by atoms with Crippen LogP contribution in [0.3, 0.4) is 0 Å². The molecule has 2 N–H and O–H groups in total. The number of carbonyl (C=O) groups is 2.